The zero-order chi connectivity index (χ0) is 13.8. The third kappa shape index (κ3) is 3.02. The summed E-state index contributed by atoms with van der Waals surface area (Å²) < 4.78 is 29.3. The maximum absolute atomic E-state index is 14.0. The Morgan fingerprint density at radius 3 is 3.00 bits per heavy atom. The number of methoxy groups -OCH3 is 1. The van der Waals surface area contributed by atoms with E-state index in [1.54, 1.807) is 6.07 Å². The molecule has 2 rings (SSSR count). The third-order valence-electron chi connectivity index (χ3n) is 3.10. The van der Waals surface area contributed by atoms with Crippen molar-refractivity contribution in [3.05, 3.63) is 35.1 Å². The van der Waals surface area contributed by atoms with Gasteiger partial charge in [0.25, 0.3) is 0 Å². The van der Waals surface area contributed by atoms with Crippen molar-refractivity contribution in [1.82, 2.24) is 0 Å². The van der Waals surface area contributed by atoms with E-state index in [2.05, 4.69) is 0 Å². The fourth-order valence-electron chi connectivity index (χ4n) is 2.36. The highest BCUT2D eigenvalue weighted by atomic mass is 19.1. The number of aryl methyl sites for hydroxylation is 1. The molecule has 5 nitrogen and oxygen atoms in total. The van der Waals surface area contributed by atoms with Gasteiger partial charge < -0.3 is 19.9 Å². The first-order valence-electron chi connectivity index (χ1n) is 5.97. The van der Waals surface area contributed by atoms with Crippen LogP contribution in [0.4, 0.5) is 9.18 Å². The predicted molar refractivity (Wildman–Crippen MR) is 64.9 cm³/mol. The van der Waals surface area contributed by atoms with E-state index in [4.69, 9.17) is 19.9 Å². The number of nitrogens with two attached hydrogens (primary N) is 1. The third-order valence-corrected chi connectivity index (χ3v) is 3.10. The number of hydrogen-bond donors (Lipinski definition) is 1. The number of benzene rings is 1. The van der Waals surface area contributed by atoms with Crippen molar-refractivity contribution < 1.29 is 23.4 Å². The molecule has 19 heavy (non-hydrogen) atoms. The number of halogens is 1. The van der Waals surface area contributed by atoms with Crippen LogP contribution in [0.1, 0.15) is 23.7 Å². The first kappa shape index (κ1) is 13.8. The number of carbonyl (C=O) groups is 1. The summed E-state index contributed by atoms with van der Waals surface area (Å²) in [6.45, 7) is -0.0168. The predicted octanol–water partition coefficient (Wildman–Crippen LogP) is 1.90. The Bertz CT molecular complexity index is 466. The Morgan fingerprint density at radius 1 is 1.53 bits per heavy atom. The summed E-state index contributed by atoms with van der Waals surface area (Å²) in [4.78, 5) is 10.9. The van der Waals surface area contributed by atoms with Crippen LogP contribution in [-0.4, -0.2) is 26.1 Å². The lowest BCUT2D eigenvalue weighted by atomic mass is 9.87. The average molecular weight is 269 g/mol. The van der Waals surface area contributed by atoms with Gasteiger partial charge in [0, 0.05) is 12.7 Å². The first-order chi connectivity index (χ1) is 9.13. The molecule has 2 N–H and O–H groups in total. The van der Waals surface area contributed by atoms with Crippen molar-refractivity contribution in [3.63, 3.8) is 0 Å². The van der Waals surface area contributed by atoms with Crippen molar-refractivity contribution in [3.8, 4) is 0 Å². The first-order valence-corrected chi connectivity index (χ1v) is 5.97. The molecule has 0 fully saturated rings. The Labute approximate surface area is 110 Å². The zero-order valence-electron chi connectivity index (χ0n) is 10.6. The average Bonchev–Trinajstić information content (AvgIpc) is 2.37. The second-order valence-electron chi connectivity index (χ2n) is 4.32. The second kappa shape index (κ2) is 5.99. The number of primary amides is 1. The molecular formula is C13H16FNO4. The lowest BCUT2D eigenvalue weighted by Gasteiger charge is -2.32. The highest BCUT2D eigenvalue weighted by Crippen LogP contribution is 2.36. The van der Waals surface area contributed by atoms with Crippen LogP contribution in [-0.2, 0) is 20.6 Å². The largest absolute Gasteiger partial charge is 0.443 e. The van der Waals surface area contributed by atoms with Crippen LogP contribution >= 0.6 is 0 Å². The Morgan fingerprint density at radius 2 is 2.32 bits per heavy atom. The zero-order valence-corrected chi connectivity index (χ0v) is 10.6. The SMILES string of the molecule is COCO[C@@H]1c2c(F)cccc2CC[C@@H]1OC(N)=O. The lowest BCUT2D eigenvalue weighted by molar-refractivity contribution is -0.121. The van der Waals surface area contributed by atoms with Crippen molar-refractivity contribution in [1.29, 1.82) is 0 Å². The maximum atomic E-state index is 14.0. The van der Waals surface area contributed by atoms with Gasteiger partial charge in [-0.05, 0) is 24.5 Å². The summed E-state index contributed by atoms with van der Waals surface area (Å²) >= 11 is 0. The van der Waals surface area contributed by atoms with E-state index in [0.717, 1.165) is 5.56 Å². The summed E-state index contributed by atoms with van der Waals surface area (Å²) in [5.41, 5.74) is 6.30. The molecule has 104 valence electrons. The van der Waals surface area contributed by atoms with Gasteiger partial charge in [-0.3, -0.25) is 0 Å². The van der Waals surface area contributed by atoms with E-state index in [9.17, 15) is 9.18 Å². The van der Waals surface area contributed by atoms with Crippen LogP contribution in [0.15, 0.2) is 18.2 Å². The van der Waals surface area contributed by atoms with E-state index in [-0.39, 0.29) is 12.6 Å². The van der Waals surface area contributed by atoms with Gasteiger partial charge in [0.1, 0.15) is 24.8 Å². The highest BCUT2D eigenvalue weighted by molar-refractivity contribution is 5.65. The summed E-state index contributed by atoms with van der Waals surface area (Å²) in [5.74, 6) is -0.378. The van der Waals surface area contributed by atoms with Crippen LogP contribution < -0.4 is 5.73 Å². The van der Waals surface area contributed by atoms with Crippen molar-refractivity contribution in [2.75, 3.05) is 13.9 Å². The highest BCUT2D eigenvalue weighted by Gasteiger charge is 2.35. The molecule has 0 heterocycles. The molecule has 0 aromatic heterocycles. The van der Waals surface area contributed by atoms with E-state index in [0.29, 0.717) is 18.4 Å². The Kier molecular flexibility index (Phi) is 4.34. The molecule has 0 radical (unpaired) electrons. The van der Waals surface area contributed by atoms with Crippen LogP contribution in [0.5, 0.6) is 0 Å². The fourth-order valence-corrected chi connectivity index (χ4v) is 2.36. The number of ether oxygens (including phenoxy) is 3. The molecule has 0 saturated carbocycles. The van der Waals surface area contributed by atoms with Crippen molar-refractivity contribution >= 4 is 6.09 Å². The maximum Gasteiger partial charge on any atom is 0.404 e. The Balaban J connectivity index is 2.30. The summed E-state index contributed by atoms with van der Waals surface area (Å²) in [5, 5.41) is 0. The number of carbonyl (C=O) groups excluding carboxylic acids is 1. The molecule has 0 spiro atoms. The molecule has 1 aromatic carbocycles. The molecule has 1 aliphatic carbocycles. The van der Waals surface area contributed by atoms with Crippen molar-refractivity contribution in [2.24, 2.45) is 5.73 Å². The molecule has 0 aliphatic heterocycles. The monoisotopic (exact) mass is 269 g/mol. The molecular weight excluding hydrogens is 253 g/mol. The van der Waals surface area contributed by atoms with Crippen LogP contribution in [0.2, 0.25) is 0 Å². The quantitative estimate of drug-likeness (QED) is 0.847. The summed E-state index contributed by atoms with van der Waals surface area (Å²) in [6.07, 6.45) is -1.05. The lowest BCUT2D eigenvalue weighted by Crippen LogP contribution is -2.34. The summed E-state index contributed by atoms with van der Waals surface area (Å²) in [6, 6.07) is 4.84. The minimum Gasteiger partial charge on any atom is -0.443 e. The van der Waals surface area contributed by atoms with Gasteiger partial charge in [-0.2, -0.15) is 0 Å². The molecule has 0 saturated heterocycles. The number of amides is 1. The van der Waals surface area contributed by atoms with E-state index in [1.807, 2.05) is 6.07 Å². The minimum absolute atomic E-state index is 0.0168. The number of fused-ring (bicyclic) bond motifs is 1. The van der Waals surface area contributed by atoms with E-state index >= 15 is 0 Å². The van der Waals surface area contributed by atoms with Crippen LogP contribution in [0.3, 0.4) is 0 Å². The second-order valence-corrected chi connectivity index (χ2v) is 4.32. The fraction of sp³-hybridized carbons (Fsp3) is 0.462. The molecule has 1 aromatic rings. The number of rotatable bonds is 4. The van der Waals surface area contributed by atoms with Gasteiger partial charge in [0.2, 0.25) is 0 Å². The smallest absolute Gasteiger partial charge is 0.404 e. The normalized spacial score (nSPS) is 21.8. The van der Waals surface area contributed by atoms with Crippen LogP contribution in [0.25, 0.3) is 0 Å². The molecule has 2 atom stereocenters. The van der Waals surface area contributed by atoms with Gasteiger partial charge >= 0.3 is 6.09 Å². The Hall–Kier alpha value is -1.66. The van der Waals surface area contributed by atoms with E-state index < -0.39 is 18.3 Å². The molecule has 6 heteroatoms. The van der Waals surface area contributed by atoms with Gasteiger partial charge in [-0.15, -0.1) is 0 Å². The molecule has 0 unspecified atom stereocenters. The van der Waals surface area contributed by atoms with Gasteiger partial charge in [0.05, 0.1) is 0 Å². The molecule has 0 bridgehead atoms. The number of hydrogen-bond acceptors (Lipinski definition) is 4. The van der Waals surface area contributed by atoms with Gasteiger partial charge in [0.15, 0.2) is 0 Å². The van der Waals surface area contributed by atoms with Gasteiger partial charge in [-0.25, -0.2) is 9.18 Å². The summed E-state index contributed by atoms with van der Waals surface area (Å²) in [7, 11) is 1.47. The topological polar surface area (TPSA) is 70.8 Å². The standard InChI is InChI=1S/C13H16FNO4/c1-17-7-18-12-10(19-13(15)16)6-5-8-3-2-4-9(14)11(8)12/h2-4,10,12H,5-7H2,1H3,(H2,15,16)/t10-,12-/m0/s1. The van der Waals surface area contributed by atoms with Gasteiger partial charge in [-0.1, -0.05) is 12.1 Å². The minimum atomic E-state index is -0.893. The molecule has 1 aliphatic rings. The molecule has 1 amide bonds. The van der Waals surface area contributed by atoms with Crippen LogP contribution in [0, 0.1) is 5.82 Å². The van der Waals surface area contributed by atoms with Crippen molar-refractivity contribution in [2.45, 2.75) is 25.0 Å². The van der Waals surface area contributed by atoms with E-state index in [1.165, 1.54) is 13.2 Å².